The Morgan fingerprint density at radius 3 is 3.23 bits per heavy atom. The molecule has 0 aromatic carbocycles. The molecule has 0 amide bonds. The first-order valence-corrected chi connectivity index (χ1v) is 5.17. The van der Waals surface area contributed by atoms with Crippen LogP contribution >= 0.6 is 11.6 Å². The number of aromatic amines is 1. The van der Waals surface area contributed by atoms with Crippen LogP contribution in [0.2, 0.25) is 5.15 Å². The monoisotopic (exact) mass is 198 g/mol. The highest BCUT2D eigenvalue weighted by atomic mass is 35.5. The van der Waals surface area contributed by atoms with Gasteiger partial charge in [-0.15, -0.1) is 0 Å². The maximum Gasteiger partial charge on any atom is 0.109 e. The fourth-order valence-corrected chi connectivity index (χ4v) is 2.50. The van der Waals surface area contributed by atoms with Crippen LogP contribution in [0, 0.1) is 5.92 Å². The molecule has 0 saturated heterocycles. The van der Waals surface area contributed by atoms with E-state index in [-0.39, 0.29) is 0 Å². The molecule has 0 saturated carbocycles. The summed E-state index contributed by atoms with van der Waals surface area (Å²) in [5.41, 5.74) is 8.38. The van der Waals surface area contributed by atoms with Gasteiger partial charge in [0, 0.05) is 6.20 Å². The third kappa shape index (κ3) is 1.38. The minimum Gasteiger partial charge on any atom is -0.352 e. The van der Waals surface area contributed by atoms with Gasteiger partial charge < -0.3 is 10.7 Å². The molecule has 2 unspecified atom stereocenters. The fourth-order valence-electron chi connectivity index (χ4n) is 2.24. The number of aromatic nitrogens is 1. The van der Waals surface area contributed by atoms with Crippen molar-refractivity contribution in [2.24, 2.45) is 11.7 Å². The maximum atomic E-state index is 6.01. The van der Waals surface area contributed by atoms with Gasteiger partial charge >= 0.3 is 0 Å². The third-order valence-corrected chi connectivity index (χ3v) is 3.47. The summed E-state index contributed by atoms with van der Waals surface area (Å²) in [4.78, 5) is 3.07. The van der Waals surface area contributed by atoms with Crippen molar-refractivity contribution in [3.63, 3.8) is 0 Å². The van der Waals surface area contributed by atoms with E-state index in [1.807, 2.05) is 6.20 Å². The van der Waals surface area contributed by atoms with Gasteiger partial charge in [0.2, 0.25) is 0 Å². The molecular weight excluding hydrogens is 184 g/mol. The van der Waals surface area contributed by atoms with E-state index in [9.17, 15) is 0 Å². The molecule has 2 nitrogen and oxygen atoms in total. The molecular formula is C10H15ClN2. The van der Waals surface area contributed by atoms with Gasteiger partial charge in [0.25, 0.3) is 0 Å². The molecule has 1 heterocycles. The number of rotatable bonds is 2. The van der Waals surface area contributed by atoms with E-state index in [0.29, 0.717) is 11.8 Å². The van der Waals surface area contributed by atoms with Gasteiger partial charge in [-0.2, -0.15) is 0 Å². The molecule has 13 heavy (non-hydrogen) atoms. The van der Waals surface area contributed by atoms with Crippen molar-refractivity contribution in [2.75, 3.05) is 6.54 Å². The second-order valence-corrected chi connectivity index (χ2v) is 4.27. The molecule has 1 aliphatic rings. The number of hydrogen-bond acceptors (Lipinski definition) is 1. The molecule has 1 aromatic rings. The summed E-state index contributed by atoms with van der Waals surface area (Å²) >= 11 is 6.01. The predicted molar refractivity (Wildman–Crippen MR) is 55.1 cm³/mol. The lowest BCUT2D eigenvalue weighted by Gasteiger charge is -2.16. The first kappa shape index (κ1) is 9.10. The molecule has 2 atom stereocenters. The molecule has 0 fully saturated rings. The van der Waals surface area contributed by atoms with Crippen LogP contribution in [0.3, 0.4) is 0 Å². The number of hydrogen-bond donors (Lipinski definition) is 2. The number of fused-ring (bicyclic) bond motifs is 1. The van der Waals surface area contributed by atoms with Gasteiger partial charge in [0.1, 0.15) is 5.15 Å². The lowest BCUT2D eigenvalue weighted by atomic mass is 9.90. The molecule has 3 heteroatoms. The van der Waals surface area contributed by atoms with Crippen LogP contribution in [0.5, 0.6) is 0 Å². The highest BCUT2D eigenvalue weighted by molar-refractivity contribution is 6.30. The number of halogens is 1. The van der Waals surface area contributed by atoms with Crippen LogP contribution in [-0.4, -0.2) is 11.5 Å². The second-order valence-electron chi connectivity index (χ2n) is 3.89. The van der Waals surface area contributed by atoms with Gasteiger partial charge in [-0.1, -0.05) is 18.5 Å². The van der Waals surface area contributed by atoms with Crippen LogP contribution in [0.1, 0.15) is 30.4 Å². The SMILES string of the molecule is CC(CN)C1CCc2c1c[nH]c2Cl. The quantitative estimate of drug-likeness (QED) is 0.753. The average molecular weight is 199 g/mol. The second kappa shape index (κ2) is 3.35. The van der Waals surface area contributed by atoms with E-state index in [0.717, 1.165) is 18.1 Å². The Balaban J connectivity index is 2.28. The van der Waals surface area contributed by atoms with Crippen LogP contribution in [0.25, 0.3) is 0 Å². The lowest BCUT2D eigenvalue weighted by molar-refractivity contribution is 0.465. The smallest absolute Gasteiger partial charge is 0.109 e. The molecule has 0 spiro atoms. The molecule has 1 aliphatic carbocycles. The summed E-state index contributed by atoms with van der Waals surface area (Å²) in [6, 6.07) is 0. The Bertz CT molecular complexity index is 306. The zero-order valence-electron chi connectivity index (χ0n) is 7.81. The van der Waals surface area contributed by atoms with E-state index in [4.69, 9.17) is 17.3 Å². The minimum absolute atomic E-state index is 0.563. The molecule has 72 valence electrons. The van der Waals surface area contributed by atoms with Crippen LogP contribution in [-0.2, 0) is 6.42 Å². The molecule has 1 aromatic heterocycles. The van der Waals surface area contributed by atoms with Gasteiger partial charge in [-0.05, 0) is 42.3 Å². The Morgan fingerprint density at radius 2 is 2.54 bits per heavy atom. The predicted octanol–water partition coefficient (Wildman–Crippen LogP) is 2.29. The standard InChI is InChI=1S/C10H15ClN2/c1-6(4-12)7-2-3-8-9(7)5-13-10(8)11/h5-7,13H,2-4,12H2,1H3. The third-order valence-electron chi connectivity index (χ3n) is 3.13. The maximum absolute atomic E-state index is 6.01. The van der Waals surface area contributed by atoms with Crippen LogP contribution in [0.4, 0.5) is 0 Å². The fraction of sp³-hybridized carbons (Fsp3) is 0.600. The van der Waals surface area contributed by atoms with Crippen LogP contribution in [0.15, 0.2) is 6.20 Å². The van der Waals surface area contributed by atoms with Crippen LogP contribution < -0.4 is 5.73 Å². The van der Waals surface area contributed by atoms with E-state index < -0.39 is 0 Å². The summed E-state index contributed by atoms with van der Waals surface area (Å²) in [5.74, 6) is 1.18. The Morgan fingerprint density at radius 1 is 1.77 bits per heavy atom. The van der Waals surface area contributed by atoms with Crippen molar-refractivity contribution in [1.29, 1.82) is 0 Å². The van der Waals surface area contributed by atoms with Gasteiger partial charge in [0.05, 0.1) is 0 Å². The Labute approximate surface area is 83.5 Å². The topological polar surface area (TPSA) is 41.8 Å². The number of nitrogens with two attached hydrogens (primary N) is 1. The Kier molecular flexibility index (Phi) is 2.35. The first-order chi connectivity index (χ1) is 6.24. The van der Waals surface area contributed by atoms with Crippen molar-refractivity contribution in [3.8, 4) is 0 Å². The summed E-state index contributed by atoms with van der Waals surface area (Å²) in [7, 11) is 0. The summed E-state index contributed by atoms with van der Waals surface area (Å²) in [6.45, 7) is 2.97. The summed E-state index contributed by atoms with van der Waals surface area (Å²) < 4.78 is 0. The van der Waals surface area contributed by atoms with Gasteiger partial charge in [-0.25, -0.2) is 0 Å². The van der Waals surface area contributed by atoms with E-state index in [2.05, 4.69) is 11.9 Å². The van der Waals surface area contributed by atoms with E-state index in [1.54, 1.807) is 0 Å². The zero-order valence-corrected chi connectivity index (χ0v) is 8.56. The minimum atomic E-state index is 0.563. The summed E-state index contributed by atoms with van der Waals surface area (Å²) in [6.07, 6.45) is 4.35. The highest BCUT2D eigenvalue weighted by Gasteiger charge is 2.28. The van der Waals surface area contributed by atoms with Crippen molar-refractivity contribution < 1.29 is 0 Å². The van der Waals surface area contributed by atoms with E-state index in [1.165, 1.54) is 17.5 Å². The summed E-state index contributed by atoms with van der Waals surface area (Å²) in [5, 5.41) is 0.821. The number of nitrogens with one attached hydrogen (secondary N) is 1. The normalized spacial score (nSPS) is 23.2. The van der Waals surface area contributed by atoms with Crippen molar-refractivity contribution in [1.82, 2.24) is 4.98 Å². The number of H-pyrrole nitrogens is 1. The Hall–Kier alpha value is -0.470. The molecule has 0 aliphatic heterocycles. The van der Waals surface area contributed by atoms with Crippen molar-refractivity contribution >= 4 is 11.6 Å². The zero-order chi connectivity index (χ0) is 9.42. The molecule has 0 radical (unpaired) electrons. The van der Waals surface area contributed by atoms with Crippen molar-refractivity contribution in [2.45, 2.75) is 25.7 Å². The average Bonchev–Trinajstić information content (AvgIpc) is 2.68. The molecule has 0 bridgehead atoms. The van der Waals surface area contributed by atoms with Crippen molar-refractivity contribution in [3.05, 3.63) is 22.5 Å². The van der Waals surface area contributed by atoms with Gasteiger partial charge in [-0.3, -0.25) is 0 Å². The molecule has 2 rings (SSSR count). The largest absolute Gasteiger partial charge is 0.352 e. The highest BCUT2D eigenvalue weighted by Crippen LogP contribution is 2.40. The lowest BCUT2D eigenvalue weighted by Crippen LogP contribution is -2.17. The first-order valence-electron chi connectivity index (χ1n) is 4.79. The van der Waals surface area contributed by atoms with E-state index >= 15 is 0 Å². The van der Waals surface area contributed by atoms with Gasteiger partial charge in [0.15, 0.2) is 0 Å². The molecule has 3 N–H and O–H groups in total.